The number of rotatable bonds is 17. The minimum absolute atomic E-state index is 0. The fourth-order valence-electron chi connectivity index (χ4n) is 2.86. The third kappa shape index (κ3) is 20.8. The fourth-order valence-corrected chi connectivity index (χ4v) is 3.06. The van der Waals surface area contributed by atoms with Gasteiger partial charge in [-0.05, 0) is 18.8 Å². The van der Waals surface area contributed by atoms with E-state index < -0.39 is 29.1 Å². The Morgan fingerprint density at radius 3 is 1.97 bits per heavy atom. The van der Waals surface area contributed by atoms with Crippen molar-refractivity contribution in [3.8, 4) is 0 Å². The molecule has 0 bridgehead atoms. The number of nitrogens with one attached hydrogen (secondary N) is 2. The van der Waals surface area contributed by atoms with Gasteiger partial charge in [-0.15, -0.1) is 0 Å². The molecule has 0 aliphatic heterocycles. The van der Waals surface area contributed by atoms with Crippen LogP contribution in [-0.2, 0) is 24.2 Å². The maximum atomic E-state index is 12.1. The van der Waals surface area contributed by atoms with Gasteiger partial charge in [-0.2, -0.15) is 0 Å². The van der Waals surface area contributed by atoms with E-state index in [1.54, 1.807) is 0 Å². The monoisotopic (exact) mass is 444 g/mol. The van der Waals surface area contributed by atoms with E-state index in [0.717, 1.165) is 19.3 Å². The molecular weight excluding hydrogens is 407 g/mol. The van der Waals surface area contributed by atoms with Gasteiger partial charge >= 0.3 is 29.6 Å². The summed E-state index contributed by atoms with van der Waals surface area (Å²) in [5.41, 5.74) is 0. The first-order chi connectivity index (χ1) is 13.2. The largest absolute Gasteiger partial charge is 1.00 e. The first-order valence-corrected chi connectivity index (χ1v) is 11.7. The van der Waals surface area contributed by atoms with Crippen molar-refractivity contribution in [1.29, 1.82) is 0 Å². The summed E-state index contributed by atoms with van der Waals surface area (Å²) in [5, 5.41) is 4.89. The molecule has 2 N–H and O–H groups in total. The molecule has 166 valence electrons. The van der Waals surface area contributed by atoms with Gasteiger partial charge in [-0.25, -0.2) is 8.42 Å². The number of hydrogen-bond donors (Lipinski definition) is 2. The van der Waals surface area contributed by atoms with Crippen molar-refractivity contribution < 1.29 is 56.3 Å². The summed E-state index contributed by atoms with van der Waals surface area (Å²) in [6.07, 6.45) is 11.2. The van der Waals surface area contributed by atoms with Crippen LogP contribution in [0, 0.1) is 5.92 Å². The quantitative estimate of drug-likeness (QED) is 0.107. The third-order valence-corrected chi connectivity index (χ3v) is 4.72. The number of carbonyl (C=O) groups excluding carboxylic acids is 2. The Morgan fingerprint density at radius 2 is 1.48 bits per heavy atom. The van der Waals surface area contributed by atoms with E-state index in [-0.39, 0.29) is 41.4 Å². The molecule has 0 aromatic rings. The first kappa shape index (κ1) is 31.0. The smallest absolute Gasteiger partial charge is 0.725 e. The van der Waals surface area contributed by atoms with Crippen LogP contribution in [0.15, 0.2) is 0 Å². The summed E-state index contributed by atoms with van der Waals surface area (Å²) >= 11 is 0. The van der Waals surface area contributed by atoms with Crippen LogP contribution in [0.2, 0.25) is 0 Å². The summed E-state index contributed by atoms with van der Waals surface area (Å²) in [4.78, 5) is 24.2. The van der Waals surface area contributed by atoms with Gasteiger partial charge in [0.15, 0.2) is 0 Å². The normalized spacial score (nSPS) is 12.3. The summed E-state index contributed by atoms with van der Waals surface area (Å²) in [6, 6.07) is -0.788. The molecule has 0 rings (SSSR count). The molecular formula is C19H37N2NaO6S. The Labute approximate surface area is 198 Å². The Hall–Kier alpha value is -0.190. The molecule has 0 spiro atoms. The summed E-state index contributed by atoms with van der Waals surface area (Å²) < 4.78 is 35.2. The minimum atomic E-state index is -4.87. The number of hydrogen-bond acceptors (Lipinski definition) is 6. The standard InChI is InChI=1S/C19H38N2O6S.Na/c1-4-5-6-7-8-9-10-11-12-13-18(22)21-17(14-16(2)3)19(23)20-15-27-28(24,25)26;/h16-17H,4-15H2,1-3H3,(H,20,23)(H,21,22)(H,24,25,26);/q;+1/p-1/t17-;/m0./s1. The molecule has 2 amide bonds. The second kappa shape index (κ2) is 18.6. The average molecular weight is 445 g/mol. The molecule has 0 heterocycles. The molecule has 0 radical (unpaired) electrons. The molecule has 0 aromatic heterocycles. The van der Waals surface area contributed by atoms with Gasteiger partial charge in [-0.1, -0.05) is 72.1 Å². The molecule has 0 aliphatic rings. The molecule has 0 aliphatic carbocycles. The van der Waals surface area contributed by atoms with Gasteiger partial charge in [0.25, 0.3) is 0 Å². The van der Waals surface area contributed by atoms with Crippen molar-refractivity contribution in [2.45, 2.75) is 97.4 Å². The molecule has 1 atom stereocenters. The predicted molar refractivity (Wildman–Crippen MR) is 107 cm³/mol. The maximum absolute atomic E-state index is 12.1. The predicted octanol–water partition coefficient (Wildman–Crippen LogP) is -0.00730. The van der Waals surface area contributed by atoms with E-state index >= 15 is 0 Å². The number of unbranched alkanes of at least 4 members (excludes halogenated alkanes) is 8. The van der Waals surface area contributed by atoms with E-state index in [1.807, 2.05) is 13.8 Å². The van der Waals surface area contributed by atoms with Crippen molar-refractivity contribution in [2.75, 3.05) is 6.73 Å². The summed E-state index contributed by atoms with van der Waals surface area (Å²) in [7, 11) is -4.87. The molecule has 0 aromatic carbocycles. The molecule has 0 fully saturated rings. The fraction of sp³-hybridized carbons (Fsp3) is 0.895. The van der Waals surface area contributed by atoms with Crippen molar-refractivity contribution in [2.24, 2.45) is 5.92 Å². The first-order valence-electron chi connectivity index (χ1n) is 10.3. The van der Waals surface area contributed by atoms with E-state index in [0.29, 0.717) is 12.8 Å². The van der Waals surface area contributed by atoms with Gasteiger partial charge in [0.2, 0.25) is 22.2 Å². The van der Waals surface area contributed by atoms with Crippen LogP contribution in [0.1, 0.15) is 91.4 Å². The molecule has 0 saturated carbocycles. The van der Waals surface area contributed by atoms with Crippen LogP contribution in [-0.4, -0.2) is 37.6 Å². The van der Waals surface area contributed by atoms with Gasteiger partial charge in [0.1, 0.15) is 12.8 Å². The summed E-state index contributed by atoms with van der Waals surface area (Å²) in [5.74, 6) is -0.633. The van der Waals surface area contributed by atoms with Crippen LogP contribution < -0.4 is 40.2 Å². The third-order valence-electron chi connectivity index (χ3n) is 4.32. The average Bonchev–Trinajstić information content (AvgIpc) is 2.58. The Morgan fingerprint density at radius 1 is 0.966 bits per heavy atom. The molecule has 8 nitrogen and oxygen atoms in total. The van der Waals surface area contributed by atoms with Crippen molar-refractivity contribution in [1.82, 2.24) is 10.6 Å². The zero-order valence-electron chi connectivity index (χ0n) is 18.5. The van der Waals surface area contributed by atoms with Crippen LogP contribution in [0.3, 0.4) is 0 Å². The van der Waals surface area contributed by atoms with Crippen molar-refractivity contribution in [3.63, 3.8) is 0 Å². The second-order valence-corrected chi connectivity index (χ2v) is 8.59. The van der Waals surface area contributed by atoms with Crippen molar-refractivity contribution in [3.05, 3.63) is 0 Å². The van der Waals surface area contributed by atoms with Gasteiger partial charge < -0.3 is 15.2 Å². The van der Waals surface area contributed by atoms with Crippen LogP contribution in [0.5, 0.6) is 0 Å². The Balaban J connectivity index is 0. The topological polar surface area (TPSA) is 125 Å². The van der Waals surface area contributed by atoms with E-state index in [2.05, 4.69) is 21.7 Å². The SMILES string of the molecule is CCCCCCCCCCCC(=O)N[C@@H](CC(C)C)C(=O)NCOS(=O)(=O)[O-].[Na+]. The van der Waals surface area contributed by atoms with Gasteiger partial charge in [0.05, 0.1) is 0 Å². The molecule has 0 unspecified atom stereocenters. The number of carbonyl (C=O) groups is 2. The molecule has 29 heavy (non-hydrogen) atoms. The zero-order valence-corrected chi connectivity index (χ0v) is 21.3. The zero-order chi connectivity index (χ0) is 21.4. The Bertz CT molecular complexity index is 543. The van der Waals surface area contributed by atoms with Gasteiger partial charge in [-0.3, -0.25) is 13.8 Å². The second-order valence-electron chi connectivity index (χ2n) is 7.54. The molecule has 10 heteroatoms. The van der Waals surface area contributed by atoms with Crippen LogP contribution in [0.4, 0.5) is 0 Å². The Kier molecular flexibility index (Phi) is 19.8. The van der Waals surface area contributed by atoms with E-state index in [4.69, 9.17) is 0 Å². The van der Waals surface area contributed by atoms with E-state index in [1.165, 1.54) is 38.5 Å². The minimum Gasteiger partial charge on any atom is -0.725 e. The van der Waals surface area contributed by atoms with Crippen molar-refractivity contribution >= 4 is 22.2 Å². The molecule has 0 saturated heterocycles. The van der Waals surface area contributed by atoms with E-state index in [9.17, 15) is 22.6 Å². The number of amides is 2. The van der Waals surface area contributed by atoms with Gasteiger partial charge in [0, 0.05) is 6.42 Å². The van der Waals surface area contributed by atoms with Crippen LogP contribution in [0.25, 0.3) is 0 Å². The summed E-state index contributed by atoms with van der Waals surface area (Å²) in [6.45, 7) is 5.27. The van der Waals surface area contributed by atoms with Crippen LogP contribution >= 0.6 is 0 Å². The maximum Gasteiger partial charge on any atom is 1.00 e.